The summed E-state index contributed by atoms with van der Waals surface area (Å²) in [6.45, 7) is 0.0568. The first kappa shape index (κ1) is 18.9. The van der Waals surface area contributed by atoms with Crippen LogP contribution in [0, 0.1) is 0 Å². The Hall–Kier alpha value is -1.91. The molecule has 0 spiro atoms. The number of para-hydroxylation sites is 1. The van der Waals surface area contributed by atoms with Crippen molar-refractivity contribution in [3.8, 4) is 0 Å². The molecule has 2 atom stereocenters. The Morgan fingerprint density at radius 3 is 2.77 bits per heavy atom. The lowest BCUT2D eigenvalue weighted by atomic mass is 10.2. The first-order chi connectivity index (χ1) is 12.3. The Labute approximate surface area is 154 Å². The molecule has 8 nitrogen and oxygen atoms in total. The molecule has 2 aromatic rings. The first-order valence-electron chi connectivity index (χ1n) is 7.92. The minimum absolute atomic E-state index is 0.0183. The van der Waals surface area contributed by atoms with Gasteiger partial charge in [-0.2, -0.15) is 0 Å². The second-order valence-corrected chi connectivity index (χ2v) is 9.36. The highest BCUT2D eigenvalue weighted by Gasteiger charge is 2.38. The number of ether oxygens (including phenoxy) is 1. The average Bonchev–Trinajstić information content (AvgIpc) is 2.86. The van der Waals surface area contributed by atoms with Crippen molar-refractivity contribution in [1.29, 1.82) is 0 Å². The van der Waals surface area contributed by atoms with Gasteiger partial charge in [0.1, 0.15) is 0 Å². The number of fused-ring (bicyclic) bond motifs is 1. The normalized spacial score (nSPS) is 21.8. The largest absolute Gasteiger partial charge is 0.469 e. The molecular formula is C16H18N2O6S2. The van der Waals surface area contributed by atoms with Crippen molar-refractivity contribution in [1.82, 2.24) is 9.55 Å². The van der Waals surface area contributed by atoms with Crippen LogP contribution in [0.4, 0.5) is 0 Å². The molecule has 2 heterocycles. The summed E-state index contributed by atoms with van der Waals surface area (Å²) in [5, 5.41) is 10.1. The summed E-state index contributed by atoms with van der Waals surface area (Å²) in [5.41, 5.74) is 0.155. The van der Waals surface area contributed by atoms with Crippen LogP contribution in [0.1, 0.15) is 6.42 Å². The summed E-state index contributed by atoms with van der Waals surface area (Å²) in [5.74, 6) is -0.951. The zero-order valence-electron chi connectivity index (χ0n) is 14.0. The summed E-state index contributed by atoms with van der Waals surface area (Å²) < 4.78 is 29.4. The molecule has 1 fully saturated rings. The number of carbonyl (C=O) groups is 1. The molecule has 1 aliphatic rings. The van der Waals surface area contributed by atoms with E-state index >= 15 is 0 Å². The van der Waals surface area contributed by atoms with Crippen LogP contribution in [0.3, 0.4) is 0 Å². The van der Waals surface area contributed by atoms with E-state index in [0.29, 0.717) is 10.9 Å². The Bertz CT molecular complexity index is 1000. The SMILES string of the molecule is COC(=O)CCn1c(S[C@H]2CS(=O)(=O)C[C@H]2O)nc2ccccc2c1=O. The molecule has 140 valence electrons. The van der Waals surface area contributed by atoms with Crippen LogP contribution >= 0.6 is 11.8 Å². The Balaban J connectivity index is 2.01. The lowest BCUT2D eigenvalue weighted by Crippen LogP contribution is -2.27. The van der Waals surface area contributed by atoms with E-state index in [1.54, 1.807) is 24.3 Å². The third-order valence-electron chi connectivity index (χ3n) is 4.12. The monoisotopic (exact) mass is 398 g/mol. The van der Waals surface area contributed by atoms with Gasteiger partial charge in [-0.1, -0.05) is 23.9 Å². The Morgan fingerprint density at radius 1 is 1.38 bits per heavy atom. The van der Waals surface area contributed by atoms with Crippen molar-refractivity contribution in [2.75, 3.05) is 18.6 Å². The van der Waals surface area contributed by atoms with E-state index in [4.69, 9.17) is 0 Å². The highest BCUT2D eigenvalue weighted by Crippen LogP contribution is 2.30. The number of thioether (sulfide) groups is 1. The summed E-state index contributed by atoms with van der Waals surface area (Å²) in [7, 11) is -2.06. The van der Waals surface area contributed by atoms with Crippen LogP contribution in [0.15, 0.2) is 34.2 Å². The molecule has 1 aromatic heterocycles. The third-order valence-corrected chi connectivity index (χ3v) is 7.36. The molecule has 1 N–H and O–H groups in total. The van der Waals surface area contributed by atoms with Gasteiger partial charge in [0.25, 0.3) is 5.56 Å². The highest BCUT2D eigenvalue weighted by atomic mass is 32.2. The van der Waals surface area contributed by atoms with Crippen molar-refractivity contribution in [3.05, 3.63) is 34.6 Å². The number of aliphatic hydroxyl groups excluding tert-OH is 1. The van der Waals surface area contributed by atoms with E-state index in [1.807, 2.05) is 0 Å². The van der Waals surface area contributed by atoms with Gasteiger partial charge in [0, 0.05) is 6.54 Å². The van der Waals surface area contributed by atoms with Crippen molar-refractivity contribution in [3.63, 3.8) is 0 Å². The molecule has 0 bridgehead atoms. The number of esters is 1. The second kappa shape index (κ2) is 7.37. The van der Waals surface area contributed by atoms with Crippen LogP contribution in [-0.2, 0) is 25.9 Å². The first-order valence-corrected chi connectivity index (χ1v) is 10.6. The minimum atomic E-state index is -3.32. The number of aliphatic hydroxyl groups is 1. The topological polar surface area (TPSA) is 116 Å². The fraction of sp³-hybridized carbons (Fsp3) is 0.438. The van der Waals surface area contributed by atoms with Crippen LogP contribution < -0.4 is 5.56 Å². The summed E-state index contributed by atoms with van der Waals surface area (Å²) in [4.78, 5) is 28.7. The number of aromatic nitrogens is 2. The number of hydrogen-bond donors (Lipinski definition) is 1. The van der Waals surface area contributed by atoms with Crippen molar-refractivity contribution < 1.29 is 23.1 Å². The molecule has 0 amide bonds. The molecule has 0 radical (unpaired) electrons. The summed E-state index contributed by atoms with van der Waals surface area (Å²) in [6, 6.07) is 6.79. The van der Waals surface area contributed by atoms with Gasteiger partial charge in [0.05, 0.1) is 47.3 Å². The van der Waals surface area contributed by atoms with Gasteiger partial charge in [-0.05, 0) is 12.1 Å². The van der Waals surface area contributed by atoms with E-state index < -0.39 is 27.2 Å². The third kappa shape index (κ3) is 3.92. The Morgan fingerprint density at radius 2 is 2.12 bits per heavy atom. The fourth-order valence-electron chi connectivity index (χ4n) is 2.78. The number of carbonyl (C=O) groups excluding carboxylic acids is 1. The maximum atomic E-state index is 12.8. The number of methoxy groups -OCH3 is 1. The van der Waals surface area contributed by atoms with E-state index in [2.05, 4.69) is 9.72 Å². The van der Waals surface area contributed by atoms with Gasteiger partial charge in [-0.3, -0.25) is 14.2 Å². The van der Waals surface area contributed by atoms with Gasteiger partial charge >= 0.3 is 5.97 Å². The minimum Gasteiger partial charge on any atom is -0.469 e. The predicted molar refractivity (Wildman–Crippen MR) is 96.9 cm³/mol. The quantitative estimate of drug-likeness (QED) is 0.561. The van der Waals surface area contributed by atoms with Crippen LogP contribution in [0.5, 0.6) is 0 Å². The number of hydrogen-bond acceptors (Lipinski definition) is 8. The molecule has 3 rings (SSSR count). The molecule has 1 aliphatic heterocycles. The molecule has 1 saturated heterocycles. The van der Waals surface area contributed by atoms with Gasteiger partial charge < -0.3 is 9.84 Å². The van der Waals surface area contributed by atoms with Gasteiger partial charge in [-0.15, -0.1) is 0 Å². The summed E-state index contributed by atoms with van der Waals surface area (Å²) in [6.07, 6.45) is -1.04. The molecule has 0 saturated carbocycles. The number of benzene rings is 1. The van der Waals surface area contributed by atoms with Crippen LogP contribution in [0.25, 0.3) is 10.9 Å². The second-order valence-electron chi connectivity index (χ2n) is 6.00. The fourth-order valence-corrected chi connectivity index (χ4v) is 6.39. The summed E-state index contributed by atoms with van der Waals surface area (Å²) >= 11 is 1.05. The lowest BCUT2D eigenvalue weighted by molar-refractivity contribution is -0.140. The standard InChI is InChI=1S/C16H18N2O6S2/c1-24-14(20)6-7-18-15(21)10-4-2-3-5-11(10)17-16(18)25-13-9-26(22,23)8-12(13)19/h2-5,12-13,19H,6-9H2,1H3/t12-,13+/m1/s1. The van der Waals surface area contributed by atoms with Gasteiger partial charge in [0.15, 0.2) is 15.0 Å². The lowest BCUT2D eigenvalue weighted by Gasteiger charge is -2.16. The molecule has 0 unspecified atom stereocenters. The van der Waals surface area contributed by atoms with Gasteiger partial charge in [0.2, 0.25) is 0 Å². The number of sulfone groups is 1. The van der Waals surface area contributed by atoms with Crippen molar-refractivity contribution >= 4 is 38.5 Å². The van der Waals surface area contributed by atoms with E-state index in [1.165, 1.54) is 11.7 Å². The van der Waals surface area contributed by atoms with Crippen molar-refractivity contribution in [2.24, 2.45) is 0 Å². The average molecular weight is 398 g/mol. The zero-order chi connectivity index (χ0) is 18.9. The van der Waals surface area contributed by atoms with Gasteiger partial charge in [-0.25, -0.2) is 13.4 Å². The Kier molecular flexibility index (Phi) is 5.35. The number of rotatable bonds is 5. The molecule has 1 aromatic carbocycles. The molecular weight excluding hydrogens is 380 g/mol. The molecule has 10 heteroatoms. The van der Waals surface area contributed by atoms with Crippen LogP contribution in [0.2, 0.25) is 0 Å². The van der Waals surface area contributed by atoms with Crippen LogP contribution in [-0.4, -0.2) is 59.0 Å². The smallest absolute Gasteiger partial charge is 0.307 e. The maximum absolute atomic E-state index is 12.8. The van der Waals surface area contributed by atoms with E-state index in [9.17, 15) is 23.1 Å². The highest BCUT2D eigenvalue weighted by molar-refractivity contribution is 8.01. The maximum Gasteiger partial charge on any atom is 0.307 e. The zero-order valence-corrected chi connectivity index (χ0v) is 15.6. The van der Waals surface area contributed by atoms with Crippen molar-refractivity contribution in [2.45, 2.75) is 29.5 Å². The number of nitrogens with zero attached hydrogens (tertiary/aromatic N) is 2. The van der Waals surface area contributed by atoms with E-state index in [0.717, 1.165) is 11.8 Å². The predicted octanol–water partition coefficient (Wildman–Crippen LogP) is 0.210. The molecule has 0 aliphatic carbocycles. The molecule has 26 heavy (non-hydrogen) atoms. The van der Waals surface area contributed by atoms with E-state index in [-0.39, 0.29) is 35.2 Å².